The number of anilines is 1. The molecule has 1 fully saturated rings. The summed E-state index contributed by atoms with van der Waals surface area (Å²) in [5.74, 6) is -1.93. The Morgan fingerprint density at radius 2 is 1.94 bits per heavy atom. The average Bonchev–Trinajstić information content (AvgIpc) is 3.11. The highest BCUT2D eigenvalue weighted by molar-refractivity contribution is 5.93. The topological polar surface area (TPSA) is 78.3 Å². The minimum Gasteiger partial charge on any atom is -0.444 e. The van der Waals surface area contributed by atoms with Crippen LogP contribution >= 0.6 is 0 Å². The number of nitrogens with one attached hydrogen (secondary N) is 1. The highest BCUT2D eigenvalue weighted by Crippen LogP contribution is 2.35. The van der Waals surface area contributed by atoms with Crippen LogP contribution in [0.3, 0.4) is 0 Å². The van der Waals surface area contributed by atoms with Crippen molar-refractivity contribution in [3.8, 4) is 11.4 Å². The first-order chi connectivity index (χ1) is 16.0. The summed E-state index contributed by atoms with van der Waals surface area (Å²) in [6.07, 6.45) is 1.72. The van der Waals surface area contributed by atoms with E-state index in [-0.39, 0.29) is 12.1 Å². The van der Waals surface area contributed by atoms with E-state index in [1.165, 1.54) is 0 Å². The third kappa shape index (κ3) is 5.04. The second-order valence-electron chi connectivity index (χ2n) is 9.81. The number of amides is 1. The fourth-order valence-corrected chi connectivity index (χ4v) is 4.02. The van der Waals surface area contributed by atoms with E-state index in [9.17, 15) is 13.6 Å². The van der Waals surface area contributed by atoms with Crippen LogP contribution in [0.2, 0.25) is 0 Å². The van der Waals surface area contributed by atoms with Gasteiger partial charge in [0.1, 0.15) is 11.3 Å². The molecule has 0 bridgehead atoms. The largest absolute Gasteiger partial charge is 0.444 e. The lowest BCUT2D eigenvalue weighted by atomic mass is 10.1. The number of halogens is 2. The van der Waals surface area contributed by atoms with Crippen molar-refractivity contribution in [3.63, 3.8) is 0 Å². The summed E-state index contributed by atoms with van der Waals surface area (Å²) in [6, 6.07) is 5.73. The molecule has 1 atom stereocenters. The van der Waals surface area contributed by atoms with Gasteiger partial charge in [-0.1, -0.05) is 13.8 Å². The van der Waals surface area contributed by atoms with Crippen molar-refractivity contribution in [2.75, 3.05) is 11.9 Å². The molecule has 0 spiro atoms. The number of benzene rings is 1. The van der Waals surface area contributed by atoms with Gasteiger partial charge in [0.05, 0.1) is 22.6 Å². The summed E-state index contributed by atoms with van der Waals surface area (Å²) in [7, 11) is 0. The van der Waals surface area contributed by atoms with Gasteiger partial charge in [-0.3, -0.25) is 5.32 Å². The molecule has 1 aliphatic rings. The van der Waals surface area contributed by atoms with Crippen LogP contribution in [0.25, 0.3) is 22.3 Å². The van der Waals surface area contributed by atoms with Gasteiger partial charge in [0, 0.05) is 18.1 Å². The van der Waals surface area contributed by atoms with Crippen LogP contribution < -0.4 is 5.32 Å². The summed E-state index contributed by atoms with van der Waals surface area (Å²) in [4.78, 5) is 17.1. The number of aromatic nitrogens is 3. The van der Waals surface area contributed by atoms with Gasteiger partial charge < -0.3 is 9.47 Å². The van der Waals surface area contributed by atoms with Crippen LogP contribution in [-0.2, 0) is 9.47 Å². The quantitative estimate of drug-likeness (QED) is 0.466. The number of pyridine rings is 1. The first-order valence-corrected chi connectivity index (χ1v) is 11.5. The third-order valence-electron chi connectivity index (χ3n) is 5.53. The Morgan fingerprint density at radius 3 is 2.59 bits per heavy atom. The number of rotatable bonds is 4. The van der Waals surface area contributed by atoms with E-state index in [1.807, 2.05) is 13.8 Å². The van der Waals surface area contributed by atoms with Gasteiger partial charge in [0.2, 0.25) is 0 Å². The zero-order valence-corrected chi connectivity index (χ0v) is 20.1. The van der Waals surface area contributed by atoms with E-state index in [0.29, 0.717) is 40.3 Å². The van der Waals surface area contributed by atoms with Gasteiger partial charge in [-0.15, -0.1) is 0 Å². The lowest BCUT2D eigenvalue weighted by Crippen LogP contribution is -2.27. The summed E-state index contributed by atoms with van der Waals surface area (Å²) in [5.41, 5.74) is 1.87. The lowest BCUT2D eigenvalue weighted by molar-refractivity contribution is -0.0365. The molecular weight excluding hydrogens is 442 g/mol. The van der Waals surface area contributed by atoms with Crippen LogP contribution in [0.15, 0.2) is 24.3 Å². The van der Waals surface area contributed by atoms with Crippen LogP contribution in [0.1, 0.15) is 71.7 Å². The lowest BCUT2D eigenvalue weighted by Gasteiger charge is -2.23. The van der Waals surface area contributed by atoms with Crippen molar-refractivity contribution < 1.29 is 23.0 Å². The monoisotopic (exact) mass is 472 g/mol. The Kier molecular flexibility index (Phi) is 6.58. The molecule has 0 radical (unpaired) electrons. The zero-order chi connectivity index (χ0) is 24.6. The average molecular weight is 473 g/mol. The number of hydrogen-bond donors (Lipinski definition) is 1. The number of fused-ring (bicyclic) bond motifs is 1. The molecule has 9 heteroatoms. The normalized spacial score (nSPS) is 16.8. The van der Waals surface area contributed by atoms with E-state index in [0.717, 1.165) is 31.4 Å². The number of hydrogen-bond acceptors (Lipinski definition) is 5. The van der Waals surface area contributed by atoms with Crippen LogP contribution in [0.5, 0.6) is 0 Å². The van der Waals surface area contributed by atoms with Crippen LogP contribution in [0, 0.1) is 11.6 Å². The molecule has 4 rings (SSSR count). The van der Waals surface area contributed by atoms with E-state index < -0.39 is 23.3 Å². The molecule has 0 aliphatic carbocycles. The SMILES string of the molecule is CC(C)c1nc(-c2nn(C3CCCCO3)c3cc(F)c(F)cc23)ccc1NC(=O)OC(C)(C)C. The molecule has 182 valence electrons. The molecule has 1 aromatic carbocycles. The predicted octanol–water partition coefficient (Wildman–Crippen LogP) is 6.55. The fraction of sp³-hybridized carbons (Fsp3) is 0.480. The van der Waals surface area contributed by atoms with E-state index in [2.05, 4.69) is 10.4 Å². The van der Waals surface area contributed by atoms with Gasteiger partial charge in [0.15, 0.2) is 17.9 Å². The van der Waals surface area contributed by atoms with E-state index >= 15 is 0 Å². The second kappa shape index (κ2) is 9.29. The number of carbonyl (C=O) groups excluding carboxylic acids is 1. The first kappa shape index (κ1) is 24.1. The fourth-order valence-electron chi connectivity index (χ4n) is 4.02. The maximum Gasteiger partial charge on any atom is 0.412 e. The molecule has 34 heavy (non-hydrogen) atoms. The van der Waals surface area contributed by atoms with Crippen LogP contribution in [-0.4, -0.2) is 33.1 Å². The summed E-state index contributed by atoms with van der Waals surface area (Å²) >= 11 is 0. The minimum atomic E-state index is -0.954. The molecule has 1 N–H and O–H groups in total. The van der Waals surface area contributed by atoms with Crippen molar-refractivity contribution in [1.29, 1.82) is 0 Å². The zero-order valence-electron chi connectivity index (χ0n) is 20.1. The molecular formula is C25H30F2N4O3. The molecule has 1 aliphatic heterocycles. The first-order valence-electron chi connectivity index (χ1n) is 11.5. The Bertz CT molecular complexity index is 1210. The Hall–Kier alpha value is -3.07. The third-order valence-corrected chi connectivity index (χ3v) is 5.53. The number of ether oxygens (including phenoxy) is 2. The van der Waals surface area contributed by atoms with Crippen molar-refractivity contribution in [2.45, 2.75) is 71.6 Å². The van der Waals surface area contributed by atoms with Crippen molar-refractivity contribution in [2.24, 2.45) is 0 Å². The predicted molar refractivity (Wildman–Crippen MR) is 126 cm³/mol. The summed E-state index contributed by atoms with van der Waals surface area (Å²) in [6.45, 7) is 9.86. The van der Waals surface area contributed by atoms with Crippen molar-refractivity contribution in [3.05, 3.63) is 41.6 Å². The molecule has 3 aromatic rings. The highest BCUT2D eigenvalue weighted by atomic mass is 19.2. The van der Waals surface area contributed by atoms with Gasteiger partial charge in [-0.05, 0) is 64.2 Å². The van der Waals surface area contributed by atoms with Gasteiger partial charge in [-0.25, -0.2) is 23.2 Å². The summed E-state index contributed by atoms with van der Waals surface area (Å²) in [5, 5.41) is 7.90. The molecule has 7 nitrogen and oxygen atoms in total. The number of carbonyl (C=O) groups is 1. The Balaban J connectivity index is 1.78. The summed E-state index contributed by atoms with van der Waals surface area (Å²) < 4.78 is 41.2. The highest BCUT2D eigenvalue weighted by Gasteiger charge is 2.25. The standard InChI is InChI=1S/C25H30F2N4O3/c1-14(2)22-18(29-24(32)34-25(3,4)5)9-10-19(28-22)23-15-12-16(26)17(27)13-20(15)31(30-23)21-8-6-7-11-33-21/h9-10,12-14,21H,6-8,11H2,1-5H3,(H,29,32). The maximum absolute atomic E-state index is 14.2. The van der Waals surface area contributed by atoms with E-state index in [4.69, 9.17) is 14.5 Å². The Morgan fingerprint density at radius 1 is 1.21 bits per heavy atom. The molecule has 1 saturated heterocycles. The van der Waals surface area contributed by atoms with Crippen LogP contribution in [0.4, 0.5) is 19.3 Å². The van der Waals surface area contributed by atoms with E-state index in [1.54, 1.807) is 37.6 Å². The minimum absolute atomic E-state index is 0.0332. The van der Waals surface area contributed by atoms with Gasteiger partial charge >= 0.3 is 6.09 Å². The second-order valence-corrected chi connectivity index (χ2v) is 9.81. The van der Waals surface area contributed by atoms with Gasteiger partial charge in [0.25, 0.3) is 0 Å². The molecule has 0 saturated carbocycles. The van der Waals surface area contributed by atoms with Crippen molar-refractivity contribution in [1.82, 2.24) is 14.8 Å². The Labute approximate surface area is 197 Å². The maximum atomic E-state index is 14.2. The number of nitrogens with zero attached hydrogens (tertiary/aromatic N) is 3. The van der Waals surface area contributed by atoms with Crippen molar-refractivity contribution >= 4 is 22.7 Å². The molecule has 3 heterocycles. The molecule has 1 unspecified atom stereocenters. The molecule has 1 amide bonds. The molecule has 2 aromatic heterocycles. The smallest absolute Gasteiger partial charge is 0.412 e. The van der Waals surface area contributed by atoms with Gasteiger partial charge in [-0.2, -0.15) is 5.10 Å².